The molecule has 0 atom stereocenters. The molecular formula is C12H32O9Si3. The summed E-state index contributed by atoms with van der Waals surface area (Å²) in [7, 11) is 5.06. The van der Waals surface area contributed by atoms with Crippen molar-refractivity contribution in [3.8, 4) is 0 Å². The van der Waals surface area contributed by atoms with Crippen molar-refractivity contribution in [2.24, 2.45) is 0 Å². The van der Waals surface area contributed by atoms with Crippen LogP contribution in [0.2, 0.25) is 17.6 Å². The lowest BCUT2D eigenvalue weighted by atomic mass is 10.5. The summed E-state index contributed by atoms with van der Waals surface area (Å²) in [6.07, 6.45) is 0. The first kappa shape index (κ1) is 24.3. The van der Waals surface area contributed by atoms with Crippen molar-refractivity contribution in [3.05, 3.63) is 0 Å². The van der Waals surface area contributed by atoms with E-state index in [9.17, 15) is 0 Å². The highest BCUT2D eigenvalue weighted by molar-refractivity contribution is 6.71. The molecule has 0 aromatic carbocycles. The fourth-order valence-electron chi connectivity index (χ4n) is 2.68. The van der Waals surface area contributed by atoms with E-state index >= 15 is 0 Å². The van der Waals surface area contributed by atoms with Crippen molar-refractivity contribution in [1.82, 2.24) is 0 Å². The summed E-state index contributed by atoms with van der Waals surface area (Å²) in [5.74, 6) is 0. The summed E-state index contributed by atoms with van der Waals surface area (Å²) in [6.45, 7) is 0. The van der Waals surface area contributed by atoms with Gasteiger partial charge in [-0.3, -0.25) is 0 Å². The average molecular weight is 405 g/mol. The van der Waals surface area contributed by atoms with Crippen molar-refractivity contribution in [3.63, 3.8) is 0 Å². The van der Waals surface area contributed by atoms with E-state index in [0.717, 1.165) is 0 Å². The molecule has 12 heteroatoms. The topological polar surface area (TPSA) is 83.1 Å². The SMILES string of the molecule is CO[Si](CC(C[Si](OC)(OC)OC)[Si](OC)(OC)OC)(OC)OC. The predicted octanol–water partition coefficient (Wildman–Crippen LogP) is 0.991. The molecule has 0 amide bonds. The zero-order chi connectivity index (χ0) is 18.9. The highest BCUT2D eigenvalue weighted by atomic mass is 28.4. The van der Waals surface area contributed by atoms with E-state index < -0.39 is 26.4 Å². The zero-order valence-electron chi connectivity index (χ0n) is 16.2. The predicted molar refractivity (Wildman–Crippen MR) is 93.7 cm³/mol. The van der Waals surface area contributed by atoms with Crippen LogP contribution in [0.1, 0.15) is 0 Å². The summed E-state index contributed by atoms with van der Waals surface area (Å²) < 4.78 is 50.3. The van der Waals surface area contributed by atoms with E-state index in [4.69, 9.17) is 39.8 Å². The summed E-state index contributed by atoms with van der Waals surface area (Å²) in [5.41, 5.74) is -0.268. The minimum absolute atomic E-state index is 0.268. The Kier molecular flexibility index (Phi) is 11.2. The Morgan fingerprint density at radius 3 is 0.875 bits per heavy atom. The summed E-state index contributed by atoms with van der Waals surface area (Å²) in [5, 5.41) is 0. The van der Waals surface area contributed by atoms with E-state index in [0.29, 0.717) is 12.1 Å². The van der Waals surface area contributed by atoms with Gasteiger partial charge in [-0.25, -0.2) is 0 Å². The molecule has 146 valence electrons. The van der Waals surface area contributed by atoms with Gasteiger partial charge in [0, 0.05) is 81.6 Å². The van der Waals surface area contributed by atoms with Crippen LogP contribution in [0, 0.1) is 0 Å². The molecule has 0 saturated carbocycles. The van der Waals surface area contributed by atoms with E-state index in [1.54, 1.807) is 64.0 Å². The van der Waals surface area contributed by atoms with Gasteiger partial charge in [0.15, 0.2) is 0 Å². The molecule has 0 aliphatic rings. The second-order valence-corrected chi connectivity index (χ2v) is 14.2. The smallest absolute Gasteiger partial charge is 0.377 e. The Hall–Kier alpha value is 0.291. The lowest BCUT2D eigenvalue weighted by molar-refractivity contribution is 0.0889. The largest absolute Gasteiger partial charge is 0.503 e. The molecule has 0 rings (SSSR count). The van der Waals surface area contributed by atoms with Gasteiger partial charge < -0.3 is 39.8 Å². The Morgan fingerprint density at radius 1 is 0.458 bits per heavy atom. The third kappa shape index (κ3) is 5.39. The van der Waals surface area contributed by atoms with Crippen LogP contribution in [0.4, 0.5) is 0 Å². The molecule has 0 aromatic rings. The molecule has 0 aliphatic heterocycles. The lowest BCUT2D eigenvalue weighted by Crippen LogP contribution is -2.56. The molecule has 9 nitrogen and oxygen atoms in total. The van der Waals surface area contributed by atoms with Gasteiger partial charge in [-0.1, -0.05) is 0 Å². The quantitative estimate of drug-likeness (QED) is 0.394. The minimum Gasteiger partial charge on any atom is -0.377 e. The second-order valence-electron chi connectivity index (χ2n) is 4.91. The van der Waals surface area contributed by atoms with Crippen LogP contribution in [-0.4, -0.2) is 90.4 Å². The molecule has 0 bridgehead atoms. The fraction of sp³-hybridized carbons (Fsp3) is 1.00. The summed E-state index contributed by atoms with van der Waals surface area (Å²) in [4.78, 5) is 0. The van der Waals surface area contributed by atoms with Crippen LogP contribution in [0.5, 0.6) is 0 Å². The minimum atomic E-state index is -3.07. The van der Waals surface area contributed by atoms with Gasteiger partial charge in [0.25, 0.3) is 0 Å². The lowest BCUT2D eigenvalue weighted by Gasteiger charge is -2.38. The Bertz CT molecular complexity index is 289. The zero-order valence-corrected chi connectivity index (χ0v) is 19.2. The van der Waals surface area contributed by atoms with Gasteiger partial charge in [-0.05, 0) is 0 Å². The first-order chi connectivity index (χ1) is 11.4. The highest BCUT2D eigenvalue weighted by Crippen LogP contribution is 2.40. The van der Waals surface area contributed by atoms with Crippen LogP contribution in [0.15, 0.2) is 0 Å². The normalized spacial score (nSPS) is 13.8. The average Bonchev–Trinajstić information content (AvgIpc) is 2.65. The van der Waals surface area contributed by atoms with E-state index in [2.05, 4.69) is 0 Å². The molecule has 0 unspecified atom stereocenters. The van der Waals surface area contributed by atoms with Crippen molar-refractivity contribution in [2.75, 3.05) is 64.0 Å². The van der Waals surface area contributed by atoms with E-state index in [-0.39, 0.29) is 5.54 Å². The maximum Gasteiger partial charge on any atom is 0.503 e. The van der Waals surface area contributed by atoms with Crippen LogP contribution < -0.4 is 0 Å². The first-order valence-electron chi connectivity index (χ1n) is 7.32. The molecule has 0 heterocycles. The Labute approximate surface area is 148 Å². The maximum absolute atomic E-state index is 5.66. The Balaban J connectivity index is 5.83. The van der Waals surface area contributed by atoms with Gasteiger partial charge in [0.05, 0.1) is 0 Å². The maximum atomic E-state index is 5.66. The van der Waals surface area contributed by atoms with Gasteiger partial charge in [-0.15, -0.1) is 0 Å². The summed E-state index contributed by atoms with van der Waals surface area (Å²) in [6, 6.07) is 0.812. The molecule has 0 radical (unpaired) electrons. The van der Waals surface area contributed by atoms with Crippen LogP contribution >= 0.6 is 0 Å². The van der Waals surface area contributed by atoms with Crippen LogP contribution in [0.3, 0.4) is 0 Å². The Morgan fingerprint density at radius 2 is 0.708 bits per heavy atom. The number of rotatable bonds is 14. The molecule has 0 aliphatic carbocycles. The van der Waals surface area contributed by atoms with Gasteiger partial charge in [-0.2, -0.15) is 0 Å². The fourth-order valence-corrected chi connectivity index (χ4v) is 11.5. The standard InChI is InChI=1S/C12H32O9Si3/c1-13-22(14-2,15-3)10-12(24(19-7,20-8)21-9)11-23(16-4,17-5)18-6/h12H,10-11H2,1-9H3. The third-order valence-corrected chi connectivity index (χ3v) is 13.9. The van der Waals surface area contributed by atoms with Crippen LogP contribution in [-0.2, 0) is 39.8 Å². The van der Waals surface area contributed by atoms with Crippen molar-refractivity contribution in [1.29, 1.82) is 0 Å². The highest BCUT2D eigenvalue weighted by Gasteiger charge is 2.58. The molecule has 0 fully saturated rings. The molecule has 0 saturated heterocycles. The molecule has 0 spiro atoms. The number of hydrogen-bond donors (Lipinski definition) is 0. The van der Waals surface area contributed by atoms with Crippen LogP contribution in [0.25, 0.3) is 0 Å². The third-order valence-electron chi connectivity index (χ3n) is 4.21. The van der Waals surface area contributed by atoms with Crippen molar-refractivity contribution in [2.45, 2.75) is 17.6 Å². The monoisotopic (exact) mass is 404 g/mol. The molecule has 0 aromatic heterocycles. The van der Waals surface area contributed by atoms with Gasteiger partial charge >= 0.3 is 26.4 Å². The summed E-state index contributed by atoms with van der Waals surface area (Å²) >= 11 is 0. The number of hydrogen-bond acceptors (Lipinski definition) is 9. The first-order valence-corrected chi connectivity index (χ1v) is 13.0. The van der Waals surface area contributed by atoms with Gasteiger partial charge in [0.1, 0.15) is 0 Å². The van der Waals surface area contributed by atoms with Crippen molar-refractivity contribution < 1.29 is 39.8 Å². The second kappa shape index (κ2) is 11.1. The molecule has 24 heavy (non-hydrogen) atoms. The van der Waals surface area contributed by atoms with Gasteiger partial charge in [0.2, 0.25) is 0 Å². The molecule has 0 N–H and O–H groups in total. The van der Waals surface area contributed by atoms with E-state index in [1.165, 1.54) is 0 Å². The molecular weight excluding hydrogens is 372 g/mol. The van der Waals surface area contributed by atoms with Crippen molar-refractivity contribution >= 4 is 26.4 Å². The van der Waals surface area contributed by atoms with E-state index in [1.807, 2.05) is 0 Å².